The standard InChI is InChI=1S/C22H24Cl2N6O4/c1-2-3-5-10-29-18-17(26-21(24)27-18)20(32)30(22(29)33)11-6-4-7-16-25-19(34-28-16)13-8-9-15(31)14(23)12-13/h8-9,12,31H,2-7,10-11H2,1H3,(H,26,27). The molecule has 4 aromatic rings. The summed E-state index contributed by atoms with van der Waals surface area (Å²) >= 11 is 11.9. The predicted molar refractivity (Wildman–Crippen MR) is 128 cm³/mol. The SMILES string of the molecule is CCCCCn1c(=O)n(CCCCc2noc(-c3ccc(O)c(Cl)c3)n2)c(=O)c2[nH]c(Cl)nc21. The van der Waals surface area contributed by atoms with Crippen molar-refractivity contribution in [2.24, 2.45) is 0 Å². The number of hydrogen-bond acceptors (Lipinski definition) is 7. The second kappa shape index (κ2) is 10.4. The first kappa shape index (κ1) is 24.0. The Bertz CT molecular complexity index is 1420. The lowest BCUT2D eigenvalue weighted by Crippen LogP contribution is -2.40. The van der Waals surface area contributed by atoms with E-state index in [9.17, 15) is 14.7 Å². The van der Waals surface area contributed by atoms with Crippen molar-refractivity contribution in [2.45, 2.75) is 58.5 Å². The van der Waals surface area contributed by atoms with Gasteiger partial charge in [-0.1, -0.05) is 36.5 Å². The summed E-state index contributed by atoms with van der Waals surface area (Å²) in [4.78, 5) is 37.2. The molecule has 0 aliphatic carbocycles. The number of nitrogens with zero attached hydrogens (tertiary/aromatic N) is 5. The Balaban J connectivity index is 1.45. The molecule has 180 valence electrons. The van der Waals surface area contributed by atoms with Crippen molar-refractivity contribution in [3.8, 4) is 17.2 Å². The summed E-state index contributed by atoms with van der Waals surface area (Å²) in [5.74, 6) is 0.768. The van der Waals surface area contributed by atoms with Crippen LogP contribution in [-0.2, 0) is 19.5 Å². The molecule has 0 saturated heterocycles. The molecule has 3 heterocycles. The molecule has 0 radical (unpaired) electrons. The number of aromatic nitrogens is 6. The minimum absolute atomic E-state index is 0.0274. The zero-order valence-electron chi connectivity index (χ0n) is 18.6. The Morgan fingerprint density at radius 1 is 1.06 bits per heavy atom. The maximum absolute atomic E-state index is 13.0. The van der Waals surface area contributed by atoms with Gasteiger partial charge in [-0.2, -0.15) is 9.97 Å². The van der Waals surface area contributed by atoms with E-state index in [1.165, 1.54) is 15.2 Å². The summed E-state index contributed by atoms with van der Waals surface area (Å²) in [6.45, 7) is 2.80. The number of nitrogens with one attached hydrogen (secondary N) is 1. The van der Waals surface area contributed by atoms with E-state index < -0.39 is 5.56 Å². The first-order chi connectivity index (χ1) is 16.4. The van der Waals surface area contributed by atoms with E-state index in [0.29, 0.717) is 48.7 Å². The number of benzene rings is 1. The molecule has 0 saturated carbocycles. The fourth-order valence-corrected chi connectivity index (χ4v) is 4.08. The first-order valence-corrected chi connectivity index (χ1v) is 11.8. The summed E-state index contributed by atoms with van der Waals surface area (Å²) in [5, 5.41) is 13.8. The van der Waals surface area contributed by atoms with Gasteiger partial charge in [0.15, 0.2) is 17.0 Å². The van der Waals surface area contributed by atoms with Gasteiger partial charge >= 0.3 is 5.69 Å². The number of aromatic hydroxyl groups is 1. The largest absolute Gasteiger partial charge is 0.506 e. The highest BCUT2D eigenvalue weighted by Gasteiger charge is 2.17. The Morgan fingerprint density at radius 2 is 1.82 bits per heavy atom. The van der Waals surface area contributed by atoms with Crippen molar-refractivity contribution in [3.05, 3.63) is 55.2 Å². The Kier molecular flexibility index (Phi) is 7.38. The van der Waals surface area contributed by atoms with E-state index in [2.05, 4.69) is 27.0 Å². The fourth-order valence-electron chi connectivity index (χ4n) is 3.72. The highest BCUT2D eigenvalue weighted by molar-refractivity contribution is 6.32. The Hall–Kier alpha value is -3.11. The van der Waals surface area contributed by atoms with Crippen LogP contribution in [0.1, 0.15) is 44.9 Å². The quantitative estimate of drug-likeness (QED) is 0.243. The number of hydrogen-bond donors (Lipinski definition) is 2. The predicted octanol–water partition coefficient (Wildman–Crippen LogP) is 4.16. The summed E-state index contributed by atoms with van der Waals surface area (Å²) < 4.78 is 8.02. The molecule has 0 fully saturated rings. The Morgan fingerprint density at radius 3 is 2.59 bits per heavy atom. The van der Waals surface area contributed by atoms with Crippen molar-refractivity contribution in [2.75, 3.05) is 0 Å². The van der Waals surface area contributed by atoms with Gasteiger partial charge in [-0.15, -0.1) is 0 Å². The first-order valence-electron chi connectivity index (χ1n) is 11.1. The number of phenols is 1. The zero-order chi connectivity index (χ0) is 24.2. The van der Waals surface area contributed by atoms with Crippen LogP contribution in [0.5, 0.6) is 5.75 Å². The number of rotatable bonds is 10. The maximum Gasteiger partial charge on any atom is 0.332 e. The van der Waals surface area contributed by atoms with Crippen LogP contribution in [-0.4, -0.2) is 34.3 Å². The molecule has 0 bridgehead atoms. The van der Waals surface area contributed by atoms with E-state index in [-0.39, 0.29) is 33.8 Å². The summed E-state index contributed by atoms with van der Waals surface area (Å²) in [7, 11) is 0. The highest BCUT2D eigenvalue weighted by Crippen LogP contribution is 2.28. The molecule has 34 heavy (non-hydrogen) atoms. The summed E-state index contributed by atoms with van der Waals surface area (Å²) in [5.41, 5.74) is 0.306. The smallest absolute Gasteiger partial charge is 0.332 e. The topological polar surface area (TPSA) is 132 Å². The molecule has 12 heteroatoms. The molecule has 10 nitrogen and oxygen atoms in total. The zero-order valence-corrected chi connectivity index (χ0v) is 20.1. The lowest BCUT2D eigenvalue weighted by molar-refractivity contribution is 0.420. The summed E-state index contributed by atoms with van der Waals surface area (Å²) in [6.07, 6.45) is 4.49. The molecule has 3 aromatic heterocycles. The lowest BCUT2D eigenvalue weighted by atomic mass is 10.2. The van der Waals surface area contributed by atoms with Crippen LogP contribution in [0.4, 0.5) is 0 Å². The number of imidazole rings is 1. The normalized spacial score (nSPS) is 11.5. The van der Waals surface area contributed by atoms with Crippen LogP contribution in [0.15, 0.2) is 32.3 Å². The van der Waals surface area contributed by atoms with Gasteiger partial charge < -0.3 is 14.6 Å². The molecule has 1 aromatic carbocycles. The van der Waals surface area contributed by atoms with E-state index >= 15 is 0 Å². The number of H-pyrrole nitrogens is 1. The van der Waals surface area contributed by atoms with Gasteiger partial charge in [-0.05, 0) is 49.1 Å². The van der Waals surface area contributed by atoms with Crippen LogP contribution in [0.3, 0.4) is 0 Å². The maximum atomic E-state index is 13.0. The van der Waals surface area contributed by atoms with Crippen molar-refractivity contribution < 1.29 is 9.63 Å². The van der Waals surface area contributed by atoms with E-state index in [1.54, 1.807) is 12.1 Å². The molecule has 0 aliphatic heterocycles. The second-order valence-electron chi connectivity index (χ2n) is 7.96. The van der Waals surface area contributed by atoms with Crippen molar-refractivity contribution in [1.82, 2.24) is 29.2 Å². The molecule has 4 rings (SSSR count). The Labute approximate surface area is 204 Å². The third kappa shape index (κ3) is 5.02. The fraction of sp³-hybridized carbons (Fsp3) is 0.409. The van der Waals surface area contributed by atoms with E-state index in [0.717, 1.165) is 19.3 Å². The van der Waals surface area contributed by atoms with Crippen molar-refractivity contribution in [1.29, 1.82) is 0 Å². The molecule has 0 aliphatic rings. The van der Waals surface area contributed by atoms with Gasteiger partial charge in [-0.3, -0.25) is 13.9 Å². The molecule has 0 atom stereocenters. The van der Waals surface area contributed by atoms with E-state index in [1.807, 2.05) is 0 Å². The highest BCUT2D eigenvalue weighted by atomic mass is 35.5. The van der Waals surface area contributed by atoms with Crippen LogP contribution < -0.4 is 11.2 Å². The van der Waals surface area contributed by atoms with Gasteiger partial charge in [0, 0.05) is 25.1 Å². The van der Waals surface area contributed by atoms with Gasteiger partial charge in [0.05, 0.1) is 5.02 Å². The van der Waals surface area contributed by atoms with Crippen LogP contribution in [0, 0.1) is 0 Å². The minimum Gasteiger partial charge on any atom is -0.506 e. The van der Waals surface area contributed by atoms with Crippen LogP contribution in [0.25, 0.3) is 22.6 Å². The molecule has 0 unspecified atom stereocenters. The number of aryl methyl sites for hydroxylation is 2. The number of phenolic OH excluding ortho intramolecular Hbond substituents is 1. The molecule has 2 N–H and O–H groups in total. The minimum atomic E-state index is -0.433. The lowest BCUT2D eigenvalue weighted by Gasteiger charge is -2.11. The van der Waals surface area contributed by atoms with Crippen LogP contribution in [0.2, 0.25) is 10.3 Å². The molecular formula is C22H24Cl2N6O4. The average Bonchev–Trinajstić information content (AvgIpc) is 3.44. The van der Waals surface area contributed by atoms with Gasteiger partial charge in [0.1, 0.15) is 5.75 Å². The van der Waals surface area contributed by atoms with Crippen molar-refractivity contribution >= 4 is 34.4 Å². The van der Waals surface area contributed by atoms with Crippen molar-refractivity contribution in [3.63, 3.8) is 0 Å². The molecular weight excluding hydrogens is 483 g/mol. The third-order valence-corrected chi connectivity index (χ3v) is 5.99. The molecule has 0 amide bonds. The number of unbranched alkanes of at least 4 members (excludes halogenated alkanes) is 3. The van der Waals surface area contributed by atoms with E-state index in [4.69, 9.17) is 27.7 Å². The van der Waals surface area contributed by atoms with Gasteiger partial charge in [-0.25, -0.2) is 4.79 Å². The van der Waals surface area contributed by atoms with Gasteiger partial charge in [0.25, 0.3) is 11.4 Å². The number of halogens is 2. The van der Waals surface area contributed by atoms with Gasteiger partial charge in [0.2, 0.25) is 5.28 Å². The summed E-state index contributed by atoms with van der Waals surface area (Å²) in [6, 6.07) is 4.64. The average molecular weight is 507 g/mol. The number of fused-ring (bicyclic) bond motifs is 1. The molecule has 0 spiro atoms. The third-order valence-electron chi connectivity index (χ3n) is 5.51. The second-order valence-corrected chi connectivity index (χ2v) is 8.73. The monoisotopic (exact) mass is 506 g/mol. The number of aromatic amines is 1. The van der Waals surface area contributed by atoms with Crippen LogP contribution >= 0.6 is 23.2 Å².